The normalized spacial score (nSPS) is 11.6. The molecule has 0 saturated carbocycles. The molecule has 18 heavy (non-hydrogen) atoms. The van der Waals surface area contributed by atoms with Crippen LogP contribution in [-0.2, 0) is 6.54 Å². The minimum Gasteiger partial charge on any atom is -0.497 e. The van der Waals surface area contributed by atoms with Crippen molar-refractivity contribution in [2.45, 2.75) is 20.4 Å². The predicted octanol–water partition coefficient (Wildman–Crippen LogP) is 3.30. The number of hydrogen-bond acceptors (Lipinski definition) is 2. The van der Waals surface area contributed by atoms with Gasteiger partial charge in [0.2, 0.25) is 0 Å². The third-order valence-electron chi connectivity index (χ3n) is 2.87. The molecule has 2 aromatic rings. The lowest BCUT2D eigenvalue weighted by molar-refractivity contribution is 0.415. The molecule has 1 aromatic carbocycles. The predicted molar refractivity (Wildman–Crippen MR) is 73.6 cm³/mol. The second kappa shape index (κ2) is 5.54. The maximum absolute atomic E-state index is 5.14. The van der Waals surface area contributed by atoms with Crippen molar-refractivity contribution >= 4 is 6.08 Å². The molecular weight excluding hydrogens is 224 g/mol. The summed E-state index contributed by atoms with van der Waals surface area (Å²) in [5.41, 5.74) is 2.48. The second-order valence-electron chi connectivity index (χ2n) is 4.37. The van der Waals surface area contributed by atoms with Crippen molar-refractivity contribution in [1.29, 1.82) is 0 Å². The van der Waals surface area contributed by atoms with Crippen LogP contribution in [0.25, 0.3) is 6.08 Å². The van der Waals surface area contributed by atoms with E-state index in [1.165, 1.54) is 11.1 Å². The molecule has 1 aromatic heterocycles. The van der Waals surface area contributed by atoms with Gasteiger partial charge in [0, 0.05) is 18.9 Å². The molecule has 0 bridgehead atoms. The molecule has 0 radical (unpaired) electrons. The van der Waals surface area contributed by atoms with Crippen LogP contribution in [0.3, 0.4) is 0 Å². The van der Waals surface area contributed by atoms with Gasteiger partial charge in [0.15, 0.2) is 0 Å². The highest BCUT2D eigenvalue weighted by atomic mass is 16.5. The number of hydrogen-bond donors (Lipinski definition) is 0. The fraction of sp³-hybridized carbons (Fsp3) is 0.267. The Morgan fingerprint density at radius 3 is 2.61 bits per heavy atom. The van der Waals surface area contributed by atoms with Crippen LogP contribution < -0.4 is 4.74 Å². The molecule has 0 saturated heterocycles. The zero-order valence-electron chi connectivity index (χ0n) is 11.1. The molecule has 0 aliphatic carbocycles. The number of aryl methyl sites for hydroxylation is 1. The Kier molecular flexibility index (Phi) is 3.82. The monoisotopic (exact) mass is 242 g/mol. The van der Waals surface area contributed by atoms with E-state index in [2.05, 4.69) is 34.7 Å². The molecule has 0 N–H and O–H groups in total. The first-order chi connectivity index (χ1) is 8.69. The Balaban J connectivity index is 2.10. The number of methoxy groups -OCH3 is 1. The number of rotatable bonds is 4. The van der Waals surface area contributed by atoms with E-state index in [4.69, 9.17) is 4.74 Å². The molecule has 2 rings (SSSR count). The van der Waals surface area contributed by atoms with E-state index in [0.717, 1.165) is 18.1 Å². The summed E-state index contributed by atoms with van der Waals surface area (Å²) in [6.07, 6.45) is 6.01. The van der Waals surface area contributed by atoms with Crippen molar-refractivity contribution in [3.63, 3.8) is 0 Å². The average molecular weight is 242 g/mol. The van der Waals surface area contributed by atoms with E-state index in [0.29, 0.717) is 0 Å². The number of benzene rings is 1. The molecule has 3 heteroatoms. The highest BCUT2D eigenvalue weighted by Gasteiger charge is 1.98. The minimum absolute atomic E-state index is 0.873. The van der Waals surface area contributed by atoms with Crippen LogP contribution in [0, 0.1) is 6.92 Å². The Morgan fingerprint density at radius 2 is 2.06 bits per heavy atom. The number of aromatic nitrogens is 2. The topological polar surface area (TPSA) is 27.1 Å². The molecule has 0 spiro atoms. The minimum atomic E-state index is 0.873. The Hall–Kier alpha value is -2.03. The van der Waals surface area contributed by atoms with Crippen molar-refractivity contribution in [2.24, 2.45) is 0 Å². The lowest BCUT2D eigenvalue weighted by atomic mass is 10.1. The maximum Gasteiger partial charge on any atom is 0.118 e. The standard InChI is InChI=1S/C15H18N2O/c1-12(11-17-9-8-16-13(17)2)10-14-4-6-15(18-3)7-5-14/h4-10H,11H2,1-3H3. The molecule has 94 valence electrons. The number of nitrogens with zero attached hydrogens (tertiary/aromatic N) is 2. The van der Waals surface area contributed by atoms with Crippen LogP contribution in [-0.4, -0.2) is 16.7 Å². The van der Waals surface area contributed by atoms with Gasteiger partial charge in [0.1, 0.15) is 11.6 Å². The lowest BCUT2D eigenvalue weighted by Gasteiger charge is -2.06. The zero-order valence-corrected chi connectivity index (χ0v) is 11.1. The van der Waals surface area contributed by atoms with E-state index < -0.39 is 0 Å². The van der Waals surface area contributed by atoms with Crippen LogP contribution in [0.2, 0.25) is 0 Å². The fourth-order valence-corrected chi connectivity index (χ4v) is 1.87. The molecule has 0 aliphatic rings. The Labute approximate surface area is 108 Å². The molecule has 1 heterocycles. The average Bonchev–Trinajstić information content (AvgIpc) is 2.76. The van der Waals surface area contributed by atoms with Crippen molar-refractivity contribution in [3.05, 3.63) is 53.6 Å². The fourth-order valence-electron chi connectivity index (χ4n) is 1.87. The van der Waals surface area contributed by atoms with Gasteiger partial charge in [0.25, 0.3) is 0 Å². The molecule has 0 fully saturated rings. The first-order valence-electron chi connectivity index (χ1n) is 5.98. The summed E-state index contributed by atoms with van der Waals surface area (Å²) in [7, 11) is 1.68. The summed E-state index contributed by atoms with van der Waals surface area (Å²) in [5.74, 6) is 1.92. The summed E-state index contributed by atoms with van der Waals surface area (Å²) >= 11 is 0. The van der Waals surface area contributed by atoms with Gasteiger partial charge in [-0.1, -0.05) is 23.8 Å². The van der Waals surface area contributed by atoms with Gasteiger partial charge in [-0.2, -0.15) is 0 Å². The van der Waals surface area contributed by atoms with Crippen molar-refractivity contribution in [3.8, 4) is 5.75 Å². The highest BCUT2D eigenvalue weighted by Crippen LogP contribution is 2.14. The molecule has 0 unspecified atom stereocenters. The maximum atomic E-state index is 5.14. The van der Waals surface area contributed by atoms with Gasteiger partial charge in [-0.25, -0.2) is 4.98 Å². The SMILES string of the molecule is COc1ccc(C=C(C)Cn2ccnc2C)cc1. The number of ether oxygens (including phenoxy) is 1. The first-order valence-corrected chi connectivity index (χ1v) is 5.98. The van der Waals surface area contributed by atoms with Crippen LogP contribution in [0.15, 0.2) is 42.2 Å². The summed E-state index contributed by atoms with van der Waals surface area (Å²) in [6.45, 7) is 5.02. The van der Waals surface area contributed by atoms with E-state index in [9.17, 15) is 0 Å². The van der Waals surface area contributed by atoms with Gasteiger partial charge in [-0.05, 0) is 31.5 Å². The van der Waals surface area contributed by atoms with Crippen LogP contribution in [0.5, 0.6) is 5.75 Å². The smallest absolute Gasteiger partial charge is 0.118 e. The molecule has 3 nitrogen and oxygen atoms in total. The van der Waals surface area contributed by atoms with Crippen LogP contribution >= 0.6 is 0 Å². The number of allylic oxidation sites excluding steroid dienone is 1. The molecule has 0 amide bonds. The largest absolute Gasteiger partial charge is 0.497 e. The van der Waals surface area contributed by atoms with E-state index in [1.807, 2.05) is 31.5 Å². The van der Waals surface area contributed by atoms with Crippen molar-refractivity contribution in [2.75, 3.05) is 7.11 Å². The second-order valence-corrected chi connectivity index (χ2v) is 4.37. The van der Waals surface area contributed by atoms with Crippen molar-refractivity contribution in [1.82, 2.24) is 9.55 Å². The quantitative estimate of drug-likeness (QED) is 0.822. The van der Waals surface area contributed by atoms with Gasteiger partial charge < -0.3 is 9.30 Å². The van der Waals surface area contributed by atoms with E-state index in [-0.39, 0.29) is 0 Å². The van der Waals surface area contributed by atoms with Crippen LogP contribution in [0.1, 0.15) is 18.3 Å². The van der Waals surface area contributed by atoms with Gasteiger partial charge in [0.05, 0.1) is 7.11 Å². The van der Waals surface area contributed by atoms with Gasteiger partial charge >= 0.3 is 0 Å². The van der Waals surface area contributed by atoms with Gasteiger partial charge in [-0.3, -0.25) is 0 Å². The number of imidazole rings is 1. The molecular formula is C15H18N2O. The summed E-state index contributed by atoms with van der Waals surface area (Å²) in [6, 6.07) is 8.06. The Bertz CT molecular complexity index is 538. The van der Waals surface area contributed by atoms with E-state index >= 15 is 0 Å². The van der Waals surface area contributed by atoms with Gasteiger partial charge in [-0.15, -0.1) is 0 Å². The highest BCUT2D eigenvalue weighted by molar-refractivity contribution is 5.53. The third kappa shape index (κ3) is 3.00. The zero-order chi connectivity index (χ0) is 13.0. The summed E-state index contributed by atoms with van der Waals surface area (Å²) in [5, 5.41) is 0. The Morgan fingerprint density at radius 1 is 1.33 bits per heavy atom. The lowest BCUT2D eigenvalue weighted by Crippen LogP contribution is -2.00. The first kappa shape index (κ1) is 12.4. The van der Waals surface area contributed by atoms with Crippen LogP contribution in [0.4, 0.5) is 0 Å². The molecule has 0 aliphatic heterocycles. The summed E-state index contributed by atoms with van der Waals surface area (Å²) in [4.78, 5) is 4.22. The van der Waals surface area contributed by atoms with Crippen molar-refractivity contribution < 1.29 is 4.74 Å². The summed E-state index contributed by atoms with van der Waals surface area (Å²) < 4.78 is 7.28. The molecule has 0 atom stereocenters. The van der Waals surface area contributed by atoms with E-state index in [1.54, 1.807) is 7.11 Å². The third-order valence-corrected chi connectivity index (χ3v) is 2.87.